The molecule has 0 aromatic rings. The third kappa shape index (κ3) is 4.74. The van der Waals surface area contributed by atoms with Gasteiger partial charge in [0.05, 0.1) is 12.9 Å². The van der Waals surface area contributed by atoms with Gasteiger partial charge in [0.25, 0.3) is 0 Å². The molecule has 1 fully saturated rings. The van der Waals surface area contributed by atoms with E-state index in [-0.39, 0.29) is 0 Å². The number of ether oxygens (including phenoxy) is 1. The average Bonchev–Trinajstić information content (AvgIpc) is 2.48. The van der Waals surface area contributed by atoms with E-state index in [1.54, 1.807) is 0 Å². The molecule has 2 heteroatoms. The van der Waals surface area contributed by atoms with Crippen LogP contribution in [0, 0.1) is 17.3 Å². The van der Waals surface area contributed by atoms with Gasteiger partial charge in [0.2, 0.25) is 0 Å². The lowest BCUT2D eigenvalue weighted by Gasteiger charge is -2.40. The maximum Gasteiger partial charge on any atom is 0.0876 e. The predicted molar refractivity (Wildman–Crippen MR) is 90.3 cm³/mol. The van der Waals surface area contributed by atoms with Crippen molar-refractivity contribution < 1.29 is 4.74 Å². The van der Waals surface area contributed by atoms with Gasteiger partial charge < -0.3 is 10.1 Å². The Morgan fingerprint density at radius 3 is 2.48 bits per heavy atom. The first-order chi connectivity index (χ1) is 10.0. The van der Waals surface area contributed by atoms with E-state index in [0.717, 1.165) is 25.0 Å². The molecule has 1 aliphatic carbocycles. The first-order valence-corrected chi connectivity index (χ1v) is 9.06. The van der Waals surface area contributed by atoms with Crippen LogP contribution in [0.4, 0.5) is 0 Å². The van der Waals surface area contributed by atoms with Crippen LogP contribution in [0.1, 0.15) is 72.6 Å². The normalized spacial score (nSPS) is 28.7. The van der Waals surface area contributed by atoms with Crippen LogP contribution in [0.25, 0.3) is 0 Å². The molecule has 1 unspecified atom stereocenters. The lowest BCUT2D eigenvalue weighted by atomic mass is 9.67. The highest BCUT2D eigenvalue weighted by molar-refractivity contribution is 5.12. The third-order valence-corrected chi connectivity index (χ3v) is 5.44. The van der Waals surface area contributed by atoms with Crippen molar-refractivity contribution in [1.82, 2.24) is 5.32 Å². The van der Waals surface area contributed by atoms with Crippen LogP contribution in [0.5, 0.6) is 0 Å². The molecule has 1 saturated carbocycles. The van der Waals surface area contributed by atoms with Gasteiger partial charge >= 0.3 is 0 Å². The van der Waals surface area contributed by atoms with Crippen LogP contribution in [0.3, 0.4) is 0 Å². The second kappa shape index (κ2) is 7.67. The van der Waals surface area contributed by atoms with E-state index >= 15 is 0 Å². The zero-order chi connectivity index (χ0) is 15.3. The molecule has 21 heavy (non-hydrogen) atoms. The van der Waals surface area contributed by atoms with Crippen molar-refractivity contribution in [3.05, 3.63) is 11.8 Å². The molecule has 2 rings (SSSR count). The van der Waals surface area contributed by atoms with Crippen molar-refractivity contribution in [2.24, 2.45) is 17.3 Å². The lowest BCUT2D eigenvalue weighted by molar-refractivity contribution is 0.134. The first kappa shape index (κ1) is 16.9. The SMILES string of the molecule is CCCNC(C1=COCCC1)C1CCC(C(C)(C)C)CC1. The maximum absolute atomic E-state index is 5.61. The van der Waals surface area contributed by atoms with Crippen LogP contribution in [-0.2, 0) is 4.74 Å². The molecule has 0 radical (unpaired) electrons. The molecule has 0 amide bonds. The monoisotopic (exact) mass is 293 g/mol. The van der Waals surface area contributed by atoms with E-state index in [0.29, 0.717) is 11.5 Å². The summed E-state index contributed by atoms with van der Waals surface area (Å²) in [6.45, 7) is 11.5. The maximum atomic E-state index is 5.61. The smallest absolute Gasteiger partial charge is 0.0876 e. The Labute approximate surface area is 131 Å². The Morgan fingerprint density at radius 1 is 1.24 bits per heavy atom. The summed E-state index contributed by atoms with van der Waals surface area (Å²) < 4.78 is 5.61. The molecule has 1 aliphatic heterocycles. The van der Waals surface area contributed by atoms with E-state index in [2.05, 4.69) is 39.3 Å². The summed E-state index contributed by atoms with van der Waals surface area (Å²) in [6, 6.07) is 0.561. The molecule has 1 heterocycles. The van der Waals surface area contributed by atoms with Crippen molar-refractivity contribution >= 4 is 0 Å². The summed E-state index contributed by atoms with van der Waals surface area (Å²) in [6.07, 6.45) is 11.2. The number of hydrogen-bond acceptors (Lipinski definition) is 2. The minimum atomic E-state index is 0.477. The average molecular weight is 293 g/mol. The Kier molecular flexibility index (Phi) is 6.16. The van der Waals surface area contributed by atoms with Gasteiger partial charge in [0, 0.05) is 6.04 Å². The van der Waals surface area contributed by atoms with Gasteiger partial charge in [-0.3, -0.25) is 0 Å². The number of nitrogens with one attached hydrogen (secondary N) is 1. The standard InChI is InChI=1S/C19H35NO/c1-5-12-20-18(16-7-6-13-21-14-16)15-8-10-17(11-9-15)19(2,3)4/h14-15,17-18,20H,5-13H2,1-4H3. The minimum Gasteiger partial charge on any atom is -0.501 e. The van der Waals surface area contributed by atoms with Crippen LogP contribution < -0.4 is 5.32 Å². The fourth-order valence-corrected chi connectivity index (χ4v) is 4.03. The largest absolute Gasteiger partial charge is 0.501 e. The fraction of sp³-hybridized carbons (Fsp3) is 0.895. The topological polar surface area (TPSA) is 21.3 Å². The third-order valence-electron chi connectivity index (χ3n) is 5.44. The number of rotatable bonds is 5. The Balaban J connectivity index is 1.96. The minimum absolute atomic E-state index is 0.477. The molecular weight excluding hydrogens is 258 g/mol. The highest BCUT2D eigenvalue weighted by Gasteiger charge is 2.34. The van der Waals surface area contributed by atoms with Crippen molar-refractivity contribution in [1.29, 1.82) is 0 Å². The zero-order valence-corrected chi connectivity index (χ0v) is 14.6. The molecule has 1 N–H and O–H groups in total. The lowest BCUT2D eigenvalue weighted by Crippen LogP contribution is -2.41. The first-order valence-electron chi connectivity index (χ1n) is 9.06. The fourth-order valence-electron chi connectivity index (χ4n) is 4.03. The Hall–Kier alpha value is -0.500. The van der Waals surface area contributed by atoms with E-state index in [1.807, 2.05) is 0 Å². The zero-order valence-electron chi connectivity index (χ0n) is 14.6. The Morgan fingerprint density at radius 2 is 1.95 bits per heavy atom. The quantitative estimate of drug-likeness (QED) is 0.778. The van der Waals surface area contributed by atoms with E-state index in [9.17, 15) is 0 Å². The van der Waals surface area contributed by atoms with Gasteiger partial charge in [-0.15, -0.1) is 0 Å². The summed E-state index contributed by atoms with van der Waals surface area (Å²) in [5.41, 5.74) is 2.00. The molecular formula is C19H35NO. The van der Waals surface area contributed by atoms with Gasteiger partial charge in [-0.2, -0.15) is 0 Å². The summed E-state index contributed by atoms with van der Waals surface area (Å²) >= 11 is 0. The Bertz CT molecular complexity index is 334. The van der Waals surface area contributed by atoms with Crippen LogP contribution >= 0.6 is 0 Å². The molecule has 0 spiro atoms. The molecule has 0 aromatic carbocycles. The van der Waals surface area contributed by atoms with Crippen LogP contribution in [0.2, 0.25) is 0 Å². The molecule has 0 bridgehead atoms. The van der Waals surface area contributed by atoms with Crippen LogP contribution in [-0.4, -0.2) is 19.2 Å². The van der Waals surface area contributed by atoms with E-state index in [1.165, 1.54) is 50.5 Å². The van der Waals surface area contributed by atoms with Crippen molar-refractivity contribution in [3.8, 4) is 0 Å². The van der Waals surface area contributed by atoms with E-state index in [4.69, 9.17) is 4.74 Å². The van der Waals surface area contributed by atoms with Gasteiger partial charge in [-0.05, 0) is 74.3 Å². The second-order valence-electron chi connectivity index (χ2n) is 8.08. The molecule has 2 nitrogen and oxygen atoms in total. The summed E-state index contributed by atoms with van der Waals surface area (Å²) in [5, 5.41) is 3.81. The molecule has 2 aliphatic rings. The second-order valence-corrected chi connectivity index (χ2v) is 8.08. The highest BCUT2D eigenvalue weighted by Crippen LogP contribution is 2.42. The summed E-state index contributed by atoms with van der Waals surface area (Å²) in [5.74, 6) is 1.71. The number of hydrogen-bond donors (Lipinski definition) is 1. The summed E-state index contributed by atoms with van der Waals surface area (Å²) in [7, 11) is 0. The van der Waals surface area contributed by atoms with Gasteiger partial charge in [-0.25, -0.2) is 0 Å². The molecule has 122 valence electrons. The van der Waals surface area contributed by atoms with Crippen molar-refractivity contribution in [3.63, 3.8) is 0 Å². The highest BCUT2D eigenvalue weighted by atomic mass is 16.5. The van der Waals surface area contributed by atoms with Gasteiger partial charge in [0.1, 0.15) is 0 Å². The molecule has 1 atom stereocenters. The summed E-state index contributed by atoms with van der Waals surface area (Å²) in [4.78, 5) is 0. The van der Waals surface area contributed by atoms with Gasteiger partial charge in [0.15, 0.2) is 0 Å². The van der Waals surface area contributed by atoms with Crippen molar-refractivity contribution in [2.45, 2.75) is 78.7 Å². The van der Waals surface area contributed by atoms with Crippen LogP contribution in [0.15, 0.2) is 11.8 Å². The van der Waals surface area contributed by atoms with E-state index < -0.39 is 0 Å². The predicted octanol–water partition coefficient (Wildman–Crippen LogP) is 4.90. The molecule has 0 saturated heterocycles. The molecule has 0 aromatic heterocycles. The van der Waals surface area contributed by atoms with Gasteiger partial charge in [-0.1, -0.05) is 27.7 Å². The van der Waals surface area contributed by atoms with Crippen molar-refractivity contribution in [2.75, 3.05) is 13.2 Å².